The third kappa shape index (κ3) is 5.92. The van der Waals surface area contributed by atoms with Crippen LogP contribution >= 0.6 is 11.6 Å². The lowest BCUT2D eigenvalue weighted by atomic mass is 9.93. The van der Waals surface area contributed by atoms with Crippen LogP contribution in [0.3, 0.4) is 0 Å². The Morgan fingerprint density at radius 1 is 1.10 bits per heavy atom. The van der Waals surface area contributed by atoms with Gasteiger partial charge in [0.1, 0.15) is 11.8 Å². The van der Waals surface area contributed by atoms with Gasteiger partial charge in [-0.1, -0.05) is 31.5 Å². The Kier molecular flexibility index (Phi) is 8.00. The van der Waals surface area contributed by atoms with Crippen LogP contribution in [0.5, 0.6) is 5.75 Å². The first-order chi connectivity index (χ1) is 14.4. The van der Waals surface area contributed by atoms with E-state index in [4.69, 9.17) is 16.3 Å². The zero-order chi connectivity index (χ0) is 23.5. The molecule has 0 aromatic heterocycles. The summed E-state index contributed by atoms with van der Waals surface area (Å²) in [6, 6.07) is 9.17. The van der Waals surface area contributed by atoms with Crippen LogP contribution in [-0.2, 0) is 14.8 Å². The van der Waals surface area contributed by atoms with Crippen LogP contribution in [0.15, 0.2) is 36.4 Å². The van der Waals surface area contributed by atoms with Gasteiger partial charge >= 0.3 is 0 Å². The predicted molar refractivity (Wildman–Crippen MR) is 127 cm³/mol. The van der Waals surface area contributed by atoms with Crippen LogP contribution < -0.4 is 14.4 Å². The van der Waals surface area contributed by atoms with Gasteiger partial charge in [-0.3, -0.25) is 9.10 Å². The first-order valence-electron chi connectivity index (χ1n) is 10.1. The lowest BCUT2D eigenvalue weighted by Gasteiger charge is -2.30. The number of ether oxygens (including phenoxy) is 1. The molecule has 0 spiro atoms. The van der Waals surface area contributed by atoms with Crippen molar-refractivity contribution < 1.29 is 17.9 Å². The minimum Gasteiger partial charge on any atom is -0.496 e. The number of hydrogen-bond donors (Lipinski definition) is 1. The van der Waals surface area contributed by atoms with Crippen LogP contribution in [0, 0.1) is 6.92 Å². The number of amides is 1. The summed E-state index contributed by atoms with van der Waals surface area (Å²) in [6.07, 6.45) is 1.07. The summed E-state index contributed by atoms with van der Waals surface area (Å²) < 4.78 is 31.5. The fourth-order valence-electron chi connectivity index (χ4n) is 3.64. The van der Waals surface area contributed by atoms with Gasteiger partial charge in [0.05, 0.1) is 25.1 Å². The number of methoxy groups -OCH3 is 1. The first-order valence-corrected chi connectivity index (χ1v) is 12.3. The van der Waals surface area contributed by atoms with Gasteiger partial charge < -0.3 is 10.1 Å². The van der Waals surface area contributed by atoms with E-state index in [1.165, 1.54) is 6.07 Å². The fraction of sp³-hybridized carbons (Fsp3) is 0.435. The average molecular weight is 467 g/mol. The second-order valence-electron chi connectivity index (χ2n) is 8.05. The summed E-state index contributed by atoms with van der Waals surface area (Å²) in [5, 5.41) is 3.35. The van der Waals surface area contributed by atoms with E-state index in [1.807, 2.05) is 26.0 Å². The van der Waals surface area contributed by atoms with Crippen LogP contribution in [0.4, 0.5) is 5.69 Å². The molecule has 0 unspecified atom stereocenters. The molecule has 0 aliphatic carbocycles. The minimum absolute atomic E-state index is 0.250. The molecular weight excluding hydrogens is 436 g/mol. The second-order valence-corrected chi connectivity index (χ2v) is 10.3. The van der Waals surface area contributed by atoms with E-state index >= 15 is 0 Å². The number of halogens is 1. The van der Waals surface area contributed by atoms with Crippen LogP contribution in [0.25, 0.3) is 0 Å². The van der Waals surface area contributed by atoms with Gasteiger partial charge in [-0.2, -0.15) is 0 Å². The summed E-state index contributed by atoms with van der Waals surface area (Å²) in [5.74, 6) is 0.659. The van der Waals surface area contributed by atoms with E-state index in [0.29, 0.717) is 10.7 Å². The number of rotatable bonds is 8. The molecule has 0 saturated carbocycles. The number of nitrogens with zero attached hydrogens (tertiary/aromatic N) is 1. The molecule has 170 valence electrons. The zero-order valence-corrected chi connectivity index (χ0v) is 20.6. The molecule has 1 amide bonds. The summed E-state index contributed by atoms with van der Waals surface area (Å²) >= 11 is 6.04. The molecule has 0 radical (unpaired) electrons. The van der Waals surface area contributed by atoms with Gasteiger partial charge in [0.2, 0.25) is 15.9 Å². The number of sulfonamides is 1. The van der Waals surface area contributed by atoms with Crippen molar-refractivity contribution in [3.05, 3.63) is 58.1 Å². The molecule has 0 aliphatic heterocycles. The maximum atomic E-state index is 13.1. The Bertz CT molecular complexity index is 1050. The number of nitrogens with one attached hydrogen (secondary N) is 1. The molecule has 0 aliphatic rings. The number of carbonyl (C=O) groups is 1. The van der Waals surface area contributed by atoms with Gasteiger partial charge in [0.25, 0.3) is 0 Å². The Hall–Kier alpha value is -2.25. The minimum atomic E-state index is -3.72. The Morgan fingerprint density at radius 3 is 2.26 bits per heavy atom. The molecule has 1 N–H and O–H groups in total. The van der Waals surface area contributed by atoms with Crippen molar-refractivity contribution in [2.75, 3.05) is 17.7 Å². The summed E-state index contributed by atoms with van der Waals surface area (Å²) in [6.45, 7) is 9.56. The molecular formula is C23H31ClN2O4S. The second kappa shape index (κ2) is 9.92. The molecule has 2 aromatic rings. The molecule has 2 aromatic carbocycles. The van der Waals surface area contributed by atoms with E-state index in [1.54, 1.807) is 32.2 Å². The van der Waals surface area contributed by atoms with Gasteiger partial charge in [-0.05, 0) is 73.7 Å². The van der Waals surface area contributed by atoms with Crippen LogP contribution in [0.2, 0.25) is 5.02 Å². The predicted octanol–water partition coefficient (Wildman–Crippen LogP) is 4.81. The fourth-order valence-corrected chi connectivity index (χ4v) is 5.00. The van der Waals surface area contributed by atoms with Crippen molar-refractivity contribution in [2.24, 2.45) is 0 Å². The van der Waals surface area contributed by atoms with Crippen molar-refractivity contribution >= 4 is 33.2 Å². The molecule has 0 fully saturated rings. The number of benzene rings is 2. The molecule has 2 atom stereocenters. The molecule has 31 heavy (non-hydrogen) atoms. The third-order valence-corrected chi connectivity index (χ3v) is 6.69. The molecule has 0 heterocycles. The third-order valence-electron chi connectivity index (χ3n) is 5.22. The highest BCUT2D eigenvalue weighted by Gasteiger charge is 2.30. The van der Waals surface area contributed by atoms with E-state index in [9.17, 15) is 13.2 Å². The van der Waals surface area contributed by atoms with E-state index < -0.39 is 22.0 Å². The van der Waals surface area contributed by atoms with Gasteiger partial charge in [0.15, 0.2) is 0 Å². The highest BCUT2D eigenvalue weighted by atomic mass is 35.5. The Labute approximate surface area is 190 Å². The van der Waals surface area contributed by atoms with Crippen molar-refractivity contribution in [3.63, 3.8) is 0 Å². The van der Waals surface area contributed by atoms with E-state index in [0.717, 1.165) is 33.0 Å². The number of carbonyl (C=O) groups excluding carboxylic acids is 1. The monoisotopic (exact) mass is 466 g/mol. The normalized spacial score (nSPS) is 13.6. The smallest absolute Gasteiger partial charge is 0.244 e. The molecule has 8 heteroatoms. The van der Waals surface area contributed by atoms with E-state index in [2.05, 4.69) is 19.2 Å². The van der Waals surface area contributed by atoms with Gasteiger partial charge in [-0.25, -0.2) is 8.42 Å². The number of anilines is 1. The lowest BCUT2D eigenvalue weighted by molar-refractivity contribution is -0.122. The molecule has 0 bridgehead atoms. The zero-order valence-electron chi connectivity index (χ0n) is 19.1. The highest BCUT2D eigenvalue weighted by molar-refractivity contribution is 7.92. The van der Waals surface area contributed by atoms with Gasteiger partial charge in [0, 0.05) is 5.02 Å². The van der Waals surface area contributed by atoms with Crippen molar-refractivity contribution in [1.82, 2.24) is 5.32 Å². The van der Waals surface area contributed by atoms with Crippen LogP contribution in [-0.4, -0.2) is 33.7 Å². The largest absolute Gasteiger partial charge is 0.496 e. The molecule has 0 saturated heterocycles. The van der Waals surface area contributed by atoms with Crippen LogP contribution in [0.1, 0.15) is 56.3 Å². The summed E-state index contributed by atoms with van der Waals surface area (Å²) in [5.41, 5.74) is 3.33. The SMILES string of the molecule is COc1cc(C)c([C@H](C)NC(=O)[C@@H](C)N(c2cccc(Cl)c2)S(C)(=O)=O)cc1C(C)C. The van der Waals surface area contributed by atoms with Crippen molar-refractivity contribution in [2.45, 2.75) is 52.6 Å². The standard InChI is InChI=1S/C23H31ClN2O4S/c1-14(2)20-13-21(15(3)11-22(20)30-6)16(4)25-23(27)17(5)26(31(7,28)29)19-10-8-9-18(24)12-19/h8-14,16-17H,1-7H3,(H,25,27)/t16-,17+/m0/s1. The topological polar surface area (TPSA) is 75.7 Å². The first kappa shape index (κ1) is 25.0. The quantitative estimate of drug-likeness (QED) is 0.605. The number of hydrogen-bond acceptors (Lipinski definition) is 4. The highest BCUT2D eigenvalue weighted by Crippen LogP contribution is 2.32. The molecule has 2 rings (SSSR count). The maximum Gasteiger partial charge on any atom is 0.244 e. The Balaban J connectivity index is 2.33. The van der Waals surface area contributed by atoms with E-state index in [-0.39, 0.29) is 12.0 Å². The van der Waals surface area contributed by atoms with Crippen molar-refractivity contribution in [1.29, 1.82) is 0 Å². The lowest BCUT2D eigenvalue weighted by Crippen LogP contribution is -2.48. The number of aryl methyl sites for hydroxylation is 1. The van der Waals surface area contributed by atoms with Crippen molar-refractivity contribution in [3.8, 4) is 5.75 Å². The summed E-state index contributed by atoms with van der Waals surface area (Å²) in [4.78, 5) is 13.1. The maximum absolute atomic E-state index is 13.1. The summed E-state index contributed by atoms with van der Waals surface area (Å²) in [7, 11) is -2.08. The average Bonchev–Trinajstić information content (AvgIpc) is 2.66. The van der Waals surface area contributed by atoms with Gasteiger partial charge in [-0.15, -0.1) is 0 Å². The Morgan fingerprint density at radius 2 is 1.74 bits per heavy atom. The molecule has 6 nitrogen and oxygen atoms in total.